The number of rotatable bonds is 2. The molecule has 5 rings (SSSR count). The minimum absolute atomic E-state index is 0.0765. The fourth-order valence-electron chi connectivity index (χ4n) is 6.31. The molecule has 2 heterocycles. The first kappa shape index (κ1) is 20.4. The molecule has 2 aromatic rings. The zero-order valence-electron chi connectivity index (χ0n) is 18.2. The summed E-state index contributed by atoms with van der Waals surface area (Å²) in [5.41, 5.74) is 7.15. The van der Waals surface area contributed by atoms with E-state index in [1.54, 1.807) is 23.4 Å². The summed E-state index contributed by atoms with van der Waals surface area (Å²) in [6.45, 7) is 7.13. The van der Waals surface area contributed by atoms with Gasteiger partial charge in [-0.15, -0.1) is 0 Å². The lowest BCUT2D eigenvalue weighted by Gasteiger charge is -2.50. The van der Waals surface area contributed by atoms with E-state index in [1.807, 2.05) is 12.1 Å². The van der Waals surface area contributed by atoms with Gasteiger partial charge in [-0.25, -0.2) is 15.0 Å². The number of carbonyl (C=O) groups excluding carboxylic acids is 1. The van der Waals surface area contributed by atoms with E-state index in [1.165, 1.54) is 0 Å². The Morgan fingerprint density at radius 3 is 2.52 bits per heavy atom. The second-order valence-corrected chi connectivity index (χ2v) is 10.2. The topological polar surface area (TPSA) is 84.5 Å². The SMILES string of the molecule is C[C@H]1[C@H](C)C[C@@]2(Cc3ccc(Cl)cc3[C@]23N=C(N)N(Cc2ncccn2)C3=O)C[C@@H]1C. The van der Waals surface area contributed by atoms with Crippen LogP contribution in [0.2, 0.25) is 5.02 Å². The van der Waals surface area contributed by atoms with Gasteiger partial charge in [-0.05, 0) is 66.3 Å². The van der Waals surface area contributed by atoms with Crippen LogP contribution in [-0.4, -0.2) is 26.7 Å². The first-order valence-corrected chi connectivity index (χ1v) is 11.4. The Balaban J connectivity index is 1.65. The molecule has 1 aliphatic heterocycles. The molecule has 2 aliphatic carbocycles. The van der Waals surface area contributed by atoms with Crippen molar-refractivity contribution in [2.45, 2.75) is 52.1 Å². The molecule has 3 aliphatic rings. The van der Waals surface area contributed by atoms with Crippen LogP contribution in [0.3, 0.4) is 0 Å². The Bertz CT molecular complexity index is 1060. The zero-order valence-corrected chi connectivity index (χ0v) is 18.9. The summed E-state index contributed by atoms with van der Waals surface area (Å²) in [4.78, 5) is 29.3. The van der Waals surface area contributed by atoms with Crippen LogP contribution in [0, 0.1) is 23.2 Å². The number of hydrogen-bond acceptors (Lipinski definition) is 5. The van der Waals surface area contributed by atoms with E-state index < -0.39 is 5.54 Å². The van der Waals surface area contributed by atoms with Gasteiger partial charge in [0.1, 0.15) is 5.82 Å². The second kappa shape index (κ2) is 7.02. The summed E-state index contributed by atoms with van der Waals surface area (Å²) < 4.78 is 0. The Kier molecular flexibility index (Phi) is 4.63. The molecule has 7 heteroatoms. The van der Waals surface area contributed by atoms with Crippen LogP contribution < -0.4 is 5.73 Å². The molecule has 0 radical (unpaired) electrons. The monoisotopic (exact) mass is 437 g/mol. The van der Waals surface area contributed by atoms with Gasteiger partial charge in [0.15, 0.2) is 11.5 Å². The number of fused-ring (bicyclic) bond motifs is 3. The number of aliphatic imine (C=N–C) groups is 1. The Morgan fingerprint density at radius 2 is 1.84 bits per heavy atom. The predicted molar refractivity (Wildman–Crippen MR) is 120 cm³/mol. The van der Waals surface area contributed by atoms with Gasteiger partial charge < -0.3 is 5.73 Å². The molecule has 5 atom stereocenters. The molecule has 2 spiro atoms. The van der Waals surface area contributed by atoms with Crippen molar-refractivity contribution in [1.29, 1.82) is 0 Å². The summed E-state index contributed by atoms with van der Waals surface area (Å²) in [6, 6.07) is 7.65. The summed E-state index contributed by atoms with van der Waals surface area (Å²) in [5.74, 6) is 2.28. The fraction of sp³-hybridized carbons (Fsp3) is 0.500. The third-order valence-corrected chi connectivity index (χ3v) is 8.25. The smallest absolute Gasteiger partial charge is 0.262 e. The van der Waals surface area contributed by atoms with Crippen molar-refractivity contribution in [1.82, 2.24) is 14.9 Å². The standard InChI is InChI=1S/C24H28ClN5O/c1-14-10-23(11-15(2)16(14)3)12-17-5-6-18(25)9-19(17)24(23)21(31)30(22(26)29-24)13-20-27-7-4-8-28-20/h4-9,14-16H,10-13H2,1-3H3,(H2,26,29)/t14-,15+,16+,23+,24-/m1/s1. The number of amides is 1. The van der Waals surface area contributed by atoms with Crippen molar-refractivity contribution in [2.75, 3.05) is 0 Å². The first-order valence-electron chi connectivity index (χ1n) is 11.0. The van der Waals surface area contributed by atoms with E-state index in [-0.39, 0.29) is 23.8 Å². The van der Waals surface area contributed by atoms with Crippen LogP contribution in [0.25, 0.3) is 0 Å². The van der Waals surface area contributed by atoms with Gasteiger partial charge in [0.2, 0.25) is 0 Å². The summed E-state index contributed by atoms with van der Waals surface area (Å²) in [5, 5.41) is 0.617. The number of nitrogens with two attached hydrogens (primary N) is 1. The summed E-state index contributed by atoms with van der Waals surface area (Å²) >= 11 is 6.42. The number of halogens is 1. The first-order chi connectivity index (χ1) is 14.8. The summed E-state index contributed by atoms with van der Waals surface area (Å²) in [7, 11) is 0. The van der Waals surface area contributed by atoms with Crippen molar-refractivity contribution in [3.05, 3.63) is 58.6 Å². The highest BCUT2D eigenvalue weighted by molar-refractivity contribution is 6.30. The largest absolute Gasteiger partial charge is 0.369 e. The molecule has 162 valence electrons. The Labute approximate surface area is 187 Å². The number of guanidine groups is 1. The van der Waals surface area contributed by atoms with Crippen LogP contribution in [-0.2, 0) is 23.3 Å². The highest BCUT2D eigenvalue weighted by Gasteiger charge is 2.67. The van der Waals surface area contributed by atoms with E-state index in [4.69, 9.17) is 22.3 Å². The van der Waals surface area contributed by atoms with Crippen molar-refractivity contribution in [2.24, 2.45) is 33.9 Å². The minimum atomic E-state index is -1.03. The van der Waals surface area contributed by atoms with Crippen molar-refractivity contribution in [3.63, 3.8) is 0 Å². The molecule has 31 heavy (non-hydrogen) atoms. The van der Waals surface area contributed by atoms with Crippen molar-refractivity contribution < 1.29 is 4.79 Å². The number of hydrogen-bond donors (Lipinski definition) is 1. The molecule has 0 unspecified atom stereocenters. The van der Waals surface area contributed by atoms with E-state index >= 15 is 0 Å². The van der Waals surface area contributed by atoms with Gasteiger partial charge in [0.25, 0.3) is 5.91 Å². The maximum Gasteiger partial charge on any atom is 0.262 e. The van der Waals surface area contributed by atoms with Crippen LogP contribution in [0.5, 0.6) is 0 Å². The molecule has 0 bridgehead atoms. The molecular formula is C24H28ClN5O. The van der Waals surface area contributed by atoms with Gasteiger partial charge in [-0.2, -0.15) is 0 Å². The quantitative estimate of drug-likeness (QED) is 0.771. The van der Waals surface area contributed by atoms with E-state index in [0.29, 0.717) is 28.6 Å². The molecular weight excluding hydrogens is 410 g/mol. The molecule has 1 saturated carbocycles. The molecule has 2 N–H and O–H groups in total. The normalized spacial score (nSPS) is 34.5. The van der Waals surface area contributed by atoms with Crippen LogP contribution in [0.1, 0.15) is 50.6 Å². The molecule has 0 saturated heterocycles. The maximum atomic E-state index is 14.2. The van der Waals surface area contributed by atoms with Crippen LogP contribution in [0.15, 0.2) is 41.7 Å². The third-order valence-electron chi connectivity index (χ3n) is 8.01. The number of nitrogens with zero attached hydrogens (tertiary/aromatic N) is 4. The average Bonchev–Trinajstić information content (AvgIpc) is 3.14. The molecule has 1 aromatic heterocycles. The van der Waals surface area contributed by atoms with Gasteiger partial charge in [0, 0.05) is 22.8 Å². The van der Waals surface area contributed by atoms with Crippen molar-refractivity contribution in [3.8, 4) is 0 Å². The van der Waals surface area contributed by atoms with Crippen LogP contribution in [0.4, 0.5) is 0 Å². The lowest BCUT2D eigenvalue weighted by Crippen LogP contribution is -2.53. The average molecular weight is 438 g/mol. The van der Waals surface area contributed by atoms with E-state index in [0.717, 1.165) is 30.4 Å². The van der Waals surface area contributed by atoms with Crippen LogP contribution >= 0.6 is 11.6 Å². The Morgan fingerprint density at radius 1 is 1.16 bits per heavy atom. The zero-order chi connectivity index (χ0) is 22.0. The molecule has 6 nitrogen and oxygen atoms in total. The molecule has 1 aromatic carbocycles. The van der Waals surface area contributed by atoms with E-state index in [2.05, 4.69) is 36.8 Å². The Hall–Kier alpha value is -2.47. The van der Waals surface area contributed by atoms with Gasteiger partial charge in [-0.3, -0.25) is 9.69 Å². The maximum absolute atomic E-state index is 14.2. The van der Waals surface area contributed by atoms with Gasteiger partial charge in [0.05, 0.1) is 6.54 Å². The molecule has 1 fully saturated rings. The van der Waals surface area contributed by atoms with Gasteiger partial charge in [-0.1, -0.05) is 38.4 Å². The fourth-order valence-corrected chi connectivity index (χ4v) is 6.48. The number of aromatic nitrogens is 2. The lowest BCUT2D eigenvalue weighted by molar-refractivity contribution is -0.139. The van der Waals surface area contributed by atoms with Gasteiger partial charge >= 0.3 is 0 Å². The number of carbonyl (C=O) groups is 1. The minimum Gasteiger partial charge on any atom is -0.369 e. The highest BCUT2D eigenvalue weighted by Crippen LogP contribution is 2.64. The van der Waals surface area contributed by atoms with E-state index in [9.17, 15) is 4.79 Å². The predicted octanol–water partition coefficient (Wildman–Crippen LogP) is 3.93. The number of benzene rings is 1. The van der Waals surface area contributed by atoms with Crippen molar-refractivity contribution >= 4 is 23.5 Å². The third kappa shape index (κ3) is 2.84. The second-order valence-electron chi connectivity index (χ2n) is 9.72. The summed E-state index contributed by atoms with van der Waals surface area (Å²) in [6.07, 6.45) is 6.03. The lowest BCUT2D eigenvalue weighted by atomic mass is 9.55. The molecule has 1 amide bonds. The highest BCUT2D eigenvalue weighted by atomic mass is 35.5.